The van der Waals surface area contributed by atoms with Crippen LogP contribution in [0.25, 0.3) is 22.0 Å². The van der Waals surface area contributed by atoms with Crippen molar-refractivity contribution in [3.05, 3.63) is 88.9 Å². The quantitative estimate of drug-likeness (QED) is 0.293. The van der Waals surface area contributed by atoms with Crippen LogP contribution < -0.4 is 15.4 Å². The lowest BCUT2D eigenvalue weighted by Gasteiger charge is -2.20. The van der Waals surface area contributed by atoms with Crippen LogP contribution in [0.15, 0.2) is 60.8 Å². The second-order valence-electron chi connectivity index (χ2n) is 9.54. The highest BCUT2D eigenvalue weighted by Crippen LogP contribution is 2.35. The molecule has 0 spiro atoms. The highest BCUT2D eigenvalue weighted by Gasteiger charge is 2.24. The zero-order valence-corrected chi connectivity index (χ0v) is 21.1. The number of fused-ring (bicyclic) bond motifs is 2. The number of aryl methyl sites for hydroxylation is 1. The number of amides is 2. The number of aliphatic hydroxyl groups excluding tert-OH is 1. The minimum atomic E-state index is -0.544. The number of aromatic nitrogens is 1. The van der Waals surface area contributed by atoms with Crippen molar-refractivity contribution in [3.63, 3.8) is 0 Å². The standard InChI is InChI=1S/C30H30FN3O4/c1-32-29(36)21-11-19(12-23(31)13-21)20-10-18-6-4-5-9-38-28(18)26(15-20)30(37)34-24(17-35)14-22-16-33-27-8-3-2-7-25(22)27/h2-3,7-8,10-13,15-16,24,33,35H,4-6,9,14,17H2,1H3,(H,32,36)(H,34,37)/t24-/m1/s1. The van der Waals surface area contributed by atoms with E-state index in [0.717, 1.165) is 34.9 Å². The van der Waals surface area contributed by atoms with Crippen molar-refractivity contribution in [1.82, 2.24) is 15.6 Å². The number of nitrogens with one attached hydrogen (secondary N) is 3. The molecule has 196 valence electrons. The van der Waals surface area contributed by atoms with Crippen molar-refractivity contribution in [1.29, 1.82) is 0 Å². The first-order valence-corrected chi connectivity index (χ1v) is 12.8. The van der Waals surface area contributed by atoms with E-state index in [-0.39, 0.29) is 18.1 Å². The monoisotopic (exact) mass is 515 g/mol. The van der Waals surface area contributed by atoms with E-state index < -0.39 is 17.8 Å². The van der Waals surface area contributed by atoms with Gasteiger partial charge < -0.3 is 25.5 Å². The first-order valence-electron chi connectivity index (χ1n) is 12.8. The normalized spacial score (nSPS) is 13.8. The van der Waals surface area contributed by atoms with Gasteiger partial charge in [0, 0.05) is 29.7 Å². The van der Waals surface area contributed by atoms with E-state index in [4.69, 9.17) is 4.74 Å². The number of carbonyl (C=O) groups excluding carboxylic acids is 2. The lowest BCUT2D eigenvalue weighted by molar-refractivity contribution is 0.0911. The number of hydrogen-bond donors (Lipinski definition) is 4. The molecule has 0 unspecified atom stereocenters. The van der Waals surface area contributed by atoms with Crippen molar-refractivity contribution in [2.24, 2.45) is 0 Å². The molecule has 1 aromatic heterocycles. The summed E-state index contributed by atoms with van der Waals surface area (Å²) in [6.45, 7) is 0.250. The number of aromatic amines is 1. The third kappa shape index (κ3) is 5.26. The summed E-state index contributed by atoms with van der Waals surface area (Å²) in [6.07, 6.45) is 4.78. The summed E-state index contributed by atoms with van der Waals surface area (Å²) < 4.78 is 20.5. The first kappa shape index (κ1) is 25.5. The van der Waals surface area contributed by atoms with Gasteiger partial charge in [-0.05, 0) is 84.3 Å². The number of para-hydroxylation sites is 1. The minimum absolute atomic E-state index is 0.193. The SMILES string of the molecule is CNC(=O)c1cc(F)cc(-c2cc3c(c(C(=O)N[C@@H](CO)Cc4c[nH]c5ccccc45)c2)OCCCC3)c1. The molecule has 0 saturated heterocycles. The number of hydrogen-bond acceptors (Lipinski definition) is 4. The van der Waals surface area contributed by atoms with E-state index in [9.17, 15) is 19.1 Å². The molecule has 7 nitrogen and oxygen atoms in total. The highest BCUT2D eigenvalue weighted by molar-refractivity contribution is 6.00. The highest BCUT2D eigenvalue weighted by atomic mass is 19.1. The minimum Gasteiger partial charge on any atom is -0.492 e. The number of H-pyrrole nitrogens is 1. The second kappa shape index (κ2) is 11.1. The molecule has 0 radical (unpaired) electrons. The van der Waals surface area contributed by atoms with Crippen LogP contribution in [0.5, 0.6) is 5.75 Å². The molecule has 4 aromatic rings. The Morgan fingerprint density at radius 1 is 1.08 bits per heavy atom. The van der Waals surface area contributed by atoms with Crippen LogP contribution in [0.2, 0.25) is 0 Å². The van der Waals surface area contributed by atoms with Crippen molar-refractivity contribution in [3.8, 4) is 16.9 Å². The fourth-order valence-corrected chi connectivity index (χ4v) is 4.99. The third-order valence-corrected chi connectivity index (χ3v) is 6.91. The largest absolute Gasteiger partial charge is 0.492 e. The van der Waals surface area contributed by atoms with Gasteiger partial charge in [0.15, 0.2) is 0 Å². The molecular formula is C30H30FN3O4. The summed E-state index contributed by atoms with van der Waals surface area (Å²) in [4.78, 5) is 29.0. The van der Waals surface area contributed by atoms with Gasteiger partial charge in [-0.25, -0.2) is 4.39 Å². The topological polar surface area (TPSA) is 103 Å². The molecule has 5 rings (SSSR count). The lowest BCUT2D eigenvalue weighted by Crippen LogP contribution is -2.39. The number of halogens is 1. The fraction of sp³-hybridized carbons (Fsp3) is 0.267. The number of carbonyl (C=O) groups is 2. The average Bonchev–Trinajstić information content (AvgIpc) is 3.18. The molecule has 1 atom stereocenters. The fourth-order valence-electron chi connectivity index (χ4n) is 4.99. The second-order valence-corrected chi connectivity index (χ2v) is 9.54. The molecule has 38 heavy (non-hydrogen) atoms. The Bertz CT molecular complexity index is 1500. The van der Waals surface area contributed by atoms with Crippen LogP contribution in [0, 0.1) is 5.82 Å². The first-order chi connectivity index (χ1) is 18.5. The van der Waals surface area contributed by atoms with Gasteiger partial charge in [-0.2, -0.15) is 0 Å². The molecule has 0 bridgehead atoms. The van der Waals surface area contributed by atoms with Crippen molar-refractivity contribution < 1.29 is 23.8 Å². The van der Waals surface area contributed by atoms with Gasteiger partial charge in [0.2, 0.25) is 0 Å². The Hall–Kier alpha value is -4.17. The van der Waals surface area contributed by atoms with Crippen LogP contribution in [-0.2, 0) is 12.8 Å². The van der Waals surface area contributed by atoms with Gasteiger partial charge in [-0.15, -0.1) is 0 Å². The van der Waals surface area contributed by atoms with Crippen molar-refractivity contribution >= 4 is 22.7 Å². The van der Waals surface area contributed by atoms with Crippen LogP contribution in [0.1, 0.15) is 44.7 Å². The smallest absolute Gasteiger partial charge is 0.255 e. The zero-order valence-electron chi connectivity index (χ0n) is 21.1. The summed E-state index contributed by atoms with van der Waals surface area (Å²) in [6, 6.07) is 15.1. The van der Waals surface area contributed by atoms with Crippen LogP contribution in [-0.4, -0.2) is 48.2 Å². The summed E-state index contributed by atoms with van der Waals surface area (Å²) in [5, 5.41) is 16.6. The zero-order chi connectivity index (χ0) is 26.6. The Morgan fingerprint density at radius 2 is 1.89 bits per heavy atom. The maximum Gasteiger partial charge on any atom is 0.255 e. The summed E-state index contributed by atoms with van der Waals surface area (Å²) >= 11 is 0. The van der Waals surface area contributed by atoms with Crippen molar-refractivity contribution in [2.45, 2.75) is 31.7 Å². The van der Waals surface area contributed by atoms with Crippen molar-refractivity contribution in [2.75, 3.05) is 20.3 Å². The van der Waals surface area contributed by atoms with E-state index in [2.05, 4.69) is 15.6 Å². The number of ether oxygens (including phenoxy) is 1. The average molecular weight is 516 g/mol. The van der Waals surface area contributed by atoms with E-state index in [1.807, 2.05) is 36.5 Å². The van der Waals surface area contributed by atoms with E-state index in [1.165, 1.54) is 19.2 Å². The molecule has 3 aromatic carbocycles. The summed E-state index contributed by atoms with van der Waals surface area (Å²) in [5.41, 5.74) is 4.45. The predicted octanol–water partition coefficient (Wildman–Crippen LogP) is 4.38. The Balaban J connectivity index is 1.49. The molecule has 1 aliphatic rings. The van der Waals surface area contributed by atoms with Gasteiger partial charge in [0.25, 0.3) is 11.8 Å². The maximum absolute atomic E-state index is 14.5. The van der Waals surface area contributed by atoms with Crippen LogP contribution in [0.3, 0.4) is 0 Å². The van der Waals surface area contributed by atoms with E-state index in [0.29, 0.717) is 41.9 Å². The molecule has 8 heteroatoms. The van der Waals surface area contributed by atoms with E-state index in [1.54, 1.807) is 12.1 Å². The number of benzene rings is 3. The van der Waals surface area contributed by atoms with Gasteiger partial charge in [0.1, 0.15) is 11.6 Å². The number of rotatable bonds is 7. The molecule has 0 saturated carbocycles. The van der Waals surface area contributed by atoms with Gasteiger partial charge in [0.05, 0.1) is 24.8 Å². The van der Waals surface area contributed by atoms with Gasteiger partial charge in [-0.3, -0.25) is 9.59 Å². The molecule has 1 aliphatic heterocycles. The Labute approximate surface area is 220 Å². The summed E-state index contributed by atoms with van der Waals surface area (Å²) in [5.74, 6) is -0.815. The van der Waals surface area contributed by atoms with Gasteiger partial charge >= 0.3 is 0 Å². The predicted molar refractivity (Wildman–Crippen MR) is 144 cm³/mol. The molecule has 0 aliphatic carbocycles. The van der Waals surface area contributed by atoms with Crippen LogP contribution >= 0.6 is 0 Å². The number of aliphatic hydroxyl groups is 1. The third-order valence-electron chi connectivity index (χ3n) is 6.91. The molecule has 4 N–H and O–H groups in total. The molecular weight excluding hydrogens is 485 g/mol. The summed E-state index contributed by atoms with van der Waals surface area (Å²) in [7, 11) is 1.49. The maximum atomic E-state index is 14.5. The Kier molecular flexibility index (Phi) is 7.42. The van der Waals surface area contributed by atoms with E-state index >= 15 is 0 Å². The molecule has 2 amide bonds. The lowest BCUT2D eigenvalue weighted by atomic mass is 9.94. The van der Waals surface area contributed by atoms with Crippen LogP contribution in [0.4, 0.5) is 4.39 Å². The molecule has 2 heterocycles. The van der Waals surface area contributed by atoms with Gasteiger partial charge in [-0.1, -0.05) is 18.2 Å². The molecule has 0 fully saturated rings. The Morgan fingerprint density at radius 3 is 2.71 bits per heavy atom.